The summed E-state index contributed by atoms with van der Waals surface area (Å²) in [4.78, 5) is 0. The van der Waals surface area contributed by atoms with Gasteiger partial charge in [-0.3, -0.25) is 0 Å². The highest BCUT2D eigenvalue weighted by atomic mass is 35.5. The van der Waals surface area contributed by atoms with E-state index in [1.807, 2.05) is 42.5 Å². The first-order valence-corrected chi connectivity index (χ1v) is 7.01. The van der Waals surface area contributed by atoms with Crippen LogP contribution in [0.4, 0.5) is 0 Å². The van der Waals surface area contributed by atoms with Gasteiger partial charge in [0.05, 0.1) is 17.5 Å². The molecule has 0 N–H and O–H groups in total. The van der Waals surface area contributed by atoms with Gasteiger partial charge in [-0.25, -0.2) is 0 Å². The highest BCUT2D eigenvalue weighted by molar-refractivity contribution is 6.32. The SMILES string of the molecule is COc1ccc(C(Cl)Cc2cccc(Cl)c2)cc1Cl. The van der Waals surface area contributed by atoms with E-state index in [1.54, 1.807) is 7.11 Å². The molecule has 0 amide bonds. The molecule has 0 aliphatic rings. The Hall–Kier alpha value is -0.890. The standard InChI is InChI=1S/C15H13Cl3O/c1-19-15-6-5-11(9-14(15)18)13(17)8-10-3-2-4-12(16)7-10/h2-7,9,13H,8H2,1H3. The molecule has 19 heavy (non-hydrogen) atoms. The maximum Gasteiger partial charge on any atom is 0.137 e. The van der Waals surface area contributed by atoms with Gasteiger partial charge in [-0.1, -0.05) is 41.4 Å². The fraction of sp³-hybridized carbons (Fsp3) is 0.200. The van der Waals surface area contributed by atoms with E-state index < -0.39 is 0 Å². The van der Waals surface area contributed by atoms with Crippen molar-refractivity contribution in [1.82, 2.24) is 0 Å². The number of ether oxygens (including phenoxy) is 1. The van der Waals surface area contributed by atoms with Crippen LogP contribution in [0.25, 0.3) is 0 Å². The zero-order valence-electron chi connectivity index (χ0n) is 10.4. The zero-order valence-corrected chi connectivity index (χ0v) is 12.6. The lowest BCUT2D eigenvalue weighted by Crippen LogP contribution is -1.96. The van der Waals surface area contributed by atoms with Crippen LogP contribution in [0.5, 0.6) is 5.75 Å². The van der Waals surface area contributed by atoms with Gasteiger partial charge in [-0.15, -0.1) is 11.6 Å². The van der Waals surface area contributed by atoms with Crippen molar-refractivity contribution in [2.75, 3.05) is 7.11 Å². The maximum absolute atomic E-state index is 6.42. The molecule has 1 unspecified atom stereocenters. The van der Waals surface area contributed by atoms with Gasteiger partial charge in [-0.05, 0) is 41.8 Å². The minimum atomic E-state index is -0.151. The molecule has 0 aromatic heterocycles. The molecule has 100 valence electrons. The number of hydrogen-bond donors (Lipinski definition) is 0. The predicted octanol–water partition coefficient (Wildman–Crippen LogP) is 5.52. The molecule has 0 fully saturated rings. The van der Waals surface area contributed by atoms with Gasteiger partial charge in [-0.2, -0.15) is 0 Å². The Morgan fingerprint density at radius 2 is 1.89 bits per heavy atom. The lowest BCUT2D eigenvalue weighted by molar-refractivity contribution is 0.415. The fourth-order valence-electron chi connectivity index (χ4n) is 1.87. The molecule has 0 saturated carbocycles. The Balaban J connectivity index is 2.15. The van der Waals surface area contributed by atoms with Crippen LogP contribution in [0, 0.1) is 0 Å². The zero-order chi connectivity index (χ0) is 13.8. The Morgan fingerprint density at radius 1 is 1.11 bits per heavy atom. The van der Waals surface area contributed by atoms with Crippen molar-refractivity contribution in [3.8, 4) is 5.75 Å². The third-order valence-corrected chi connectivity index (χ3v) is 3.78. The third kappa shape index (κ3) is 3.79. The highest BCUT2D eigenvalue weighted by Gasteiger charge is 2.11. The van der Waals surface area contributed by atoms with Crippen LogP contribution >= 0.6 is 34.8 Å². The van der Waals surface area contributed by atoms with Gasteiger partial charge < -0.3 is 4.74 Å². The summed E-state index contributed by atoms with van der Waals surface area (Å²) >= 11 is 18.5. The predicted molar refractivity (Wildman–Crippen MR) is 81.8 cm³/mol. The van der Waals surface area contributed by atoms with E-state index in [2.05, 4.69) is 0 Å². The highest BCUT2D eigenvalue weighted by Crippen LogP contribution is 2.32. The lowest BCUT2D eigenvalue weighted by Gasteiger charge is -2.12. The van der Waals surface area contributed by atoms with Gasteiger partial charge in [0.25, 0.3) is 0 Å². The van der Waals surface area contributed by atoms with Gasteiger partial charge in [0.15, 0.2) is 0 Å². The smallest absolute Gasteiger partial charge is 0.137 e. The summed E-state index contributed by atoms with van der Waals surface area (Å²) in [5.74, 6) is 0.650. The summed E-state index contributed by atoms with van der Waals surface area (Å²) in [6.07, 6.45) is 0.699. The van der Waals surface area contributed by atoms with Crippen LogP contribution in [0.15, 0.2) is 42.5 Å². The monoisotopic (exact) mass is 314 g/mol. The first-order chi connectivity index (χ1) is 9.10. The summed E-state index contributed by atoms with van der Waals surface area (Å²) in [5, 5.41) is 1.13. The second-order valence-corrected chi connectivity index (χ2v) is 5.57. The third-order valence-electron chi connectivity index (χ3n) is 2.84. The lowest BCUT2D eigenvalue weighted by atomic mass is 10.0. The number of hydrogen-bond acceptors (Lipinski definition) is 1. The number of rotatable bonds is 4. The first-order valence-electron chi connectivity index (χ1n) is 5.82. The number of methoxy groups -OCH3 is 1. The van der Waals surface area contributed by atoms with E-state index in [0.29, 0.717) is 22.2 Å². The maximum atomic E-state index is 6.42. The van der Waals surface area contributed by atoms with E-state index in [0.717, 1.165) is 11.1 Å². The summed E-state index contributed by atoms with van der Waals surface area (Å²) in [6.45, 7) is 0. The molecule has 2 aromatic rings. The molecule has 2 aromatic carbocycles. The number of halogens is 3. The van der Waals surface area contributed by atoms with Crippen molar-refractivity contribution in [3.63, 3.8) is 0 Å². The van der Waals surface area contributed by atoms with E-state index in [9.17, 15) is 0 Å². The fourth-order valence-corrected chi connectivity index (χ4v) is 2.66. The van der Waals surface area contributed by atoms with Gasteiger partial charge in [0.1, 0.15) is 5.75 Å². The van der Waals surface area contributed by atoms with E-state index in [4.69, 9.17) is 39.5 Å². The van der Waals surface area contributed by atoms with E-state index >= 15 is 0 Å². The average molecular weight is 316 g/mol. The van der Waals surface area contributed by atoms with Crippen LogP contribution in [0.3, 0.4) is 0 Å². The Labute approximate surface area is 128 Å². The average Bonchev–Trinajstić information content (AvgIpc) is 2.38. The van der Waals surface area contributed by atoms with Crippen molar-refractivity contribution >= 4 is 34.8 Å². The van der Waals surface area contributed by atoms with Crippen molar-refractivity contribution in [1.29, 1.82) is 0 Å². The molecular formula is C15H13Cl3O. The topological polar surface area (TPSA) is 9.23 Å². The van der Waals surface area contributed by atoms with Gasteiger partial charge in [0, 0.05) is 5.02 Å². The summed E-state index contributed by atoms with van der Waals surface area (Å²) < 4.78 is 5.12. The van der Waals surface area contributed by atoms with Crippen LogP contribution in [-0.4, -0.2) is 7.11 Å². The Morgan fingerprint density at radius 3 is 2.53 bits per heavy atom. The molecule has 2 rings (SSSR count). The summed E-state index contributed by atoms with van der Waals surface area (Å²) in [7, 11) is 1.59. The number of benzene rings is 2. The normalized spacial score (nSPS) is 12.2. The van der Waals surface area contributed by atoms with Crippen molar-refractivity contribution in [3.05, 3.63) is 63.6 Å². The minimum Gasteiger partial charge on any atom is -0.495 e. The second kappa shape index (κ2) is 6.51. The largest absolute Gasteiger partial charge is 0.495 e. The van der Waals surface area contributed by atoms with Crippen LogP contribution < -0.4 is 4.74 Å². The van der Waals surface area contributed by atoms with Crippen molar-refractivity contribution in [2.24, 2.45) is 0 Å². The first kappa shape index (κ1) is 14.5. The summed E-state index contributed by atoms with van der Waals surface area (Å²) in [6, 6.07) is 13.3. The van der Waals surface area contributed by atoms with E-state index in [-0.39, 0.29) is 5.38 Å². The molecule has 0 spiro atoms. The Kier molecular flexibility index (Phi) is 4.98. The van der Waals surface area contributed by atoms with Gasteiger partial charge >= 0.3 is 0 Å². The molecule has 1 nitrogen and oxygen atoms in total. The molecule has 0 heterocycles. The quantitative estimate of drug-likeness (QED) is 0.675. The van der Waals surface area contributed by atoms with Crippen LogP contribution in [0.1, 0.15) is 16.5 Å². The van der Waals surface area contributed by atoms with E-state index in [1.165, 1.54) is 0 Å². The molecule has 0 bridgehead atoms. The molecule has 0 aliphatic heterocycles. The van der Waals surface area contributed by atoms with Crippen LogP contribution in [0.2, 0.25) is 10.0 Å². The van der Waals surface area contributed by atoms with Crippen molar-refractivity contribution in [2.45, 2.75) is 11.8 Å². The molecule has 0 saturated heterocycles. The molecular weight excluding hydrogens is 303 g/mol. The molecule has 0 radical (unpaired) electrons. The molecule has 1 atom stereocenters. The Bertz CT molecular complexity index is 569. The minimum absolute atomic E-state index is 0.151. The summed E-state index contributed by atoms with van der Waals surface area (Å²) in [5.41, 5.74) is 2.06. The molecule has 0 aliphatic carbocycles. The number of alkyl halides is 1. The molecule has 4 heteroatoms. The van der Waals surface area contributed by atoms with Crippen molar-refractivity contribution < 1.29 is 4.74 Å². The van der Waals surface area contributed by atoms with Crippen LogP contribution in [-0.2, 0) is 6.42 Å². The van der Waals surface area contributed by atoms with Gasteiger partial charge in [0.2, 0.25) is 0 Å². The second-order valence-electron chi connectivity index (χ2n) is 4.20.